The third-order valence-electron chi connectivity index (χ3n) is 6.72. The Bertz CT molecular complexity index is 956. The lowest BCUT2D eigenvalue weighted by Crippen LogP contribution is -2.31. The lowest BCUT2D eigenvalue weighted by atomic mass is 9.82. The zero-order chi connectivity index (χ0) is 24.0. The van der Waals surface area contributed by atoms with E-state index in [0.717, 1.165) is 31.2 Å². The van der Waals surface area contributed by atoms with Gasteiger partial charge >= 0.3 is 0 Å². The summed E-state index contributed by atoms with van der Waals surface area (Å²) in [5, 5.41) is 6.22. The monoisotopic (exact) mass is 458 g/mol. The summed E-state index contributed by atoms with van der Waals surface area (Å²) >= 11 is 0. The van der Waals surface area contributed by atoms with E-state index in [1.807, 2.05) is 6.92 Å². The molecule has 2 saturated carbocycles. The van der Waals surface area contributed by atoms with Crippen molar-refractivity contribution in [3.05, 3.63) is 71.5 Å². The molecule has 0 radical (unpaired) electrons. The zero-order valence-corrected chi connectivity index (χ0v) is 19.4. The van der Waals surface area contributed by atoms with Gasteiger partial charge < -0.3 is 10.6 Å². The third kappa shape index (κ3) is 5.57. The maximum atomic E-state index is 14.8. The quantitative estimate of drug-likeness (QED) is 0.235. The molecule has 0 saturated heterocycles. The van der Waals surface area contributed by atoms with Gasteiger partial charge in [-0.05, 0) is 70.2 Å². The number of nitrogens with zero attached hydrogens (tertiary/aromatic N) is 2. The molecule has 1 aromatic carbocycles. The summed E-state index contributed by atoms with van der Waals surface area (Å²) in [6.45, 7) is 11.6. The van der Waals surface area contributed by atoms with Gasteiger partial charge in [-0.2, -0.15) is 0 Å². The summed E-state index contributed by atoms with van der Waals surface area (Å²) < 4.78 is 41.2. The number of rotatable bonds is 10. The topological polar surface area (TPSA) is 48.8 Å². The van der Waals surface area contributed by atoms with Crippen molar-refractivity contribution < 1.29 is 13.2 Å². The van der Waals surface area contributed by atoms with Crippen molar-refractivity contribution in [2.24, 2.45) is 21.3 Å². The molecule has 2 aliphatic rings. The fourth-order valence-electron chi connectivity index (χ4n) is 5.06. The van der Waals surface area contributed by atoms with Gasteiger partial charge in [-0.1, -0.05) is 30.9 Å². The van der Waals surface area contributed by atoms with Gasteiger partial charge in [-0.3, -0.25) is 9.98 Å². The zero-order valence-electron chi connectivity index (χ0n) is 19.4. The van der Waals surface area contributed by atoms with Crippen molar-refractivity contribution in [2.75, 3.05) is 6.54 Å². The summed E-state index contributed by atoms with van der Waals surface area (Å²) in [4.78, 5) is 8.92. The van der Waals surface area contributed by atoms with E-state index in [4.69, 9.17) is 0 Å². The van der Waals surface area contributed by atoms with Gasteiger partial charge in [0.15, 0.2) is 0 Å². The van der Waals surface area contributed by atoms with Gasteiger partial charge in [0, 0.05) is 18.3 Å². The largest absolute Gasteiger partial charge is 0.367 e. The second-order valence-electron chi connectivity index (χ2n) is 8.87. The fraction of sp³-hybridized carbons (Fsp3) is 0.462. The summed E-state index contributed by atoms with van der Waals surface area (Å²) in [5.41, 5.74) is 1.03. The Morgan fingerprint density at radius 1 is 1.27 bits per heavy atom. The highest BCUT2D eigenvalue weighted by molar-refractivity contribution is 6.02. The summed E-state index contributed by atoms with van der Waals surface area (Å²) in [6.07, 6.45) is 8.50. The first-order valence-electron chi connectivity index (χ1n) is 11.5. The van der Waals surface area contributed by atoms with Crippen molar-refractivity contribution in [1.29, 1.82) is 0 Å². The highest BCUT2D eigenvalue weighted by Gasteiger charge is 2.43. The fourth-order valence-corrected chi connectivity index (χ4v) is 5.06. The molecule has 3 rings (SSSR count). The molecule has 2 fully saturated rings. The van der Waals surface area contributed by atoms with Crippen molar-refractivity contribution in [3.63, 3.8) is 0 Å². The number of amidine groups is 1. The van der Waals surface area contributed by atoms with Crippen LogP contribution in [0.1, 0.15) is 69.5 Å². The average Bonchev–Trinajstić information content (AvgIpc) is 3.39. The van der Waals surface area contributed by atoms with Gasteiger partial charge in [0.1, 0.15) is 11.7 Å². The Kier molecular flexibility index (Phi) is 8.16. The molecule has 2 aliphatic carbocycles. The van der Waals surface area contributed by atoms with Crippen LogP contribution in [0.3, 0.4) is 0 Å². The van der Waals surface area contributed by atoms with Gasteiger partial charge in [0.05, 0.1) is 22.9 Å². The number of alkyl halides is 2. The molecule has 7 heteroatoms. The Morgan fingerprint density at radius 2 is 1.97 bits per heavy atom. The molecule has 33 heavy (non-hydrogen) atoms. The maximum absolute atomic E-state index is 14.8. The second-order valence-corrected chi connectivity index (χ2v) is 8.87. The smallest absolute Gasteiger partial charge is 0.266 e. The predicted molar refractivity (Wildman–Crippen MR) is 129 cm³/mol. The van der Waals surface area contributed by atoms with Gasteiger partial charge in [-0.25, -0.2) is 13.2 Å². The van der Waals surface area contributed by atoms with E-state index in [-0.39, 0.29) is 11.0 Å². The molecule has 4 nitrogen and oxygen atoms in total. The minimum Gasteiger partial charge on any atom is -0.367 e. The van der Waals surface area contributed by atoms with Crippen LogP contribution in [0.4, 0.5) is 13.2 Å². The van der Waals surface area contributed by atoms with Crippen LogP contribution in [0.5, 0.6) is 0 Å². The molecule has 0 heterocycles. The van der Waals surface area contributed by atoms with Gasteiger partial charge in [0.2, 0.25) is 0 Å². The van der Waals surface area contributed by atoms with E-state index < -0.39 is 23.8 Å². The molecule has 1 unspecified atom stereocenters. The molecular formula is C26H33F3N4. The molecule has 0 spiro atoms. The van der Waals surface area contributed by atoms with Gasteiger partial charge in [-0.15, -0.1) is 0 Å². The first-order valence-corrected chi connectivity index (χ1v) is 11.5. The van der Waals surface area contributed by atoms with E-state index in [2.05, 4.69) is 40.0 Å². The normalized spacial score (nSPS) is 24.2. The van der Waals surface area contributed by atoms with Crippen LogP contribution in [-0.4, -0.2) is 19.1 Å². The van der Waals surface area contributed by atoms with Crippen LogP contribution >= 0.6 is 0 Å². The first kappa shape index (κ1) is 24.8. The van der Waals surface area contributed by atoms with Gasteiger partial charge in [0.25, 0.3) is 6.43 Å². The molecule has 0 amide bonds. The summed E-state index contributed by atoms with van der Waals surface area (Å²) in [5.74, 6) is 0.361. The number of aliphatic imine (C=N–C) groups is 2. The number of fused-ring (bicyclic) bond motifs is 2. The molecular weight excluding hydrogens is 425 g/mol. The summed E-state index contributed by atoms with van der Waals surface area (Å²) in [6, 6.07) is 3.45. The van der Waals surface area contributed by atoms with Crippen molar-refractivity contribution >= 4 is 12.6 Å². The molecule has 2 N–H and O–H groups in total. The van der Waals surface area contributed by atoms with E-state index >= 15 is 0 Å². The highest BCUT2D eigenvalue weighted by Crippen LogP contribution is 2.55. The van der Waals surface area contributed by atoms with Crippen molar-refractivity contribution in [1.82, 2.24) is 10.6 Å². The predicted octanol–water partition coefficient (Wildman–Crippen LogP) is 6.61. The van der Waals surface area contributed by atoms with Crippen LogP contribution in [0.25, 0.3) is 0 Å². The number of hydrogen-bond donors (Lipinski definition) is 2. The minimum absolute atomic E-state index is 0.120. The molecule has 1 atom stereocenters. The van der Waals surface area contributed by atoms with Crippen LogP contribution in [0, 0.1) is 17.2 Å². The van der Waals surface area contributed by atoms with Crippen molar-refractivity contribution in [2.45, 2.75) is 58.4 Å². The molecule has 0 aromatic heterocycles. The first-order chi connectivity index (χ1) is 15.8. The molecule has 2 bridgehead atoms. The van der Waals surface area contributed by atoms with E-state index in [0.29, 0.717) is 23.7 Å². The Morgan fingerprint density at radius 3 is 2.52 bits per heavy atom. The van der Waals surface area contributed by atoms with E-state index in [1.54, 1.807) is 19.3 Å². The number of hydrogen-bond acceptors (Lipinski definition) is 3. The Labute approximate surface area is 194 Å². The van der Waals surface area contributed by atoms with Crippen molar-refractivity contribution in [3.8, 4) is 0 Å². The highest BCUT2D eigenvalue weighted by atomic mass is 19.3. The maximum Gasteiger partial charge on any atom is 0.266 e. The SMILES string of the molecule is C=CN/C=C(C(=C/C12CCC(CC1)C2)\N=C)/C(=N\CC)NC(C)c1cccc(C(F)F)c1F. The lowest BCUT2D eigenvalue weighted by molar-refractivity contribution is 0.146. The number of benzene rings is 1. The minimum atomic E-state index is -2.88. The van der Waals surface area contributed by atoms with Crippen LogP contribution < -0.4 is 10.6 Å². The third-order valence-corrected chi connectivity index (χ3v) is 6.72. The van der Waals surface area contributed by atoms with Crippen LogP contribution in [-0.2, 0) is 0 Å². The molecule has 1 aromatic rings. The number of nitrogens with one attached hydrogen (secondary N) is 2. The van der Waals surface area contributed by atoms with E-state index in [1.165, 1.54) is 25.0 Å². The molecule has 0 aliphatic heterocycles. The van der Waals surface area contributed by atoms with Crippen LogP contribution in [0.15, 0.2) is 64.5 Å². The standard InChI is InChI=1S/C26H33F3N4/c1-5-31-16-21(22(30-4)15-26-12-10-18(14-26)11-13-26)25(32-6-2)33-17(3)19-8-7-9-20(23(19)27)24(28)29/h5,7-9,15-18,24,31H,1,4,6,10-14H2,2-3H3,(H,32,33)/b21-16+,22-15+. The molecule has 178 valence electrons. The number of halogens is 3. The van der Waals surface area contributed by atoms with E-state index in [9.17, 15) is 13.2 Å². The van der Waals surface area contributed by atoms with Crippen LogP contribution in [0.2, 0.25) is 0 Å². The Balaban J connectivity index is 1.96. The lowest BCUT2D eigenvalue weighted by Gasteiger charge is -2.25. The average molecular weight is 459 g/mol. The second kappa shape index (κ2) is 10.9. The summed E-state index contributed by atoms with van der Waals surface area (Å²) in [7, 11) is 0. The number of allylic oxidation sites excluding steroid dienone is 1. The Hall–Kier alpha value is -2.83.